The zero-order valence-corrected chi connectivity index (χ0v) is 12.6. The van der Waals surface area contributed by atoms with Gasteiger partial charge in [-0.15, -0.1) is 6.58 Å². The van der Waals surface area contributed by atoms with Crippen LogP contribution in [0.25, 0.3) is 0 Å². The molecule has 1 aromatic carbocycles. The molecule has 0 aliphatic heterocycles. The van der Waals surface area contributed by atoms with E-state index in [1.807, 2.05) is 0 Å². The number of amides is 1. The quantitative estimate of drug-likeness (QED) is 0.780. The Morgan fingerprint density at radius 2 is 2.05 bits per heavy atom. The SMILES string of the molecule is C=CCc1noc(NS(=O)(=O)c2ccc(NC(C)=O)cc2)n1. The molecule has 1 heterocycles. The fraction of sp³-hybridized carbons (Fsp3) is 0.154. The Morgan fingerprint density at radius 3 is 2.64 bits per heavy atom. The highest BCUT2D eigenvalue weighted by atomic mass is 32.2. The van der Waals surface area contributed by atoms with E-state index in [2.05, 4.69) is 26.8 Å². The first-order chi connectivity index (χ1) is 10.4. The van der Waals surface area contributed by atoms with E-state index in [1.165, 1.54) is 31.2 Å². The van der Waals surface area contributed by atoms with E-state index >= 15 is 0 Å². The summed E-state index contributed by atoms with van der Waals surface area (Å²) in [6, 6.07) is 5.45. The maximum atomic E-state index is 12.2. The third-order valence-electron chi connectivity index (χ3n) is 2.50. The number of hydrogen-bond acceptors (Lipinski definition) is 6. The Morgan fingerprint density at radius 1 is 1.36 bits per heavy atom. The lowest BCUT2D eigenvalue weighted by Gasteiger charge is -2.05. The number of hydrogen-bond donors (Lipinski definition) is 2. The summed E-state index contributed by atoms with van der Waals surface area (Å²) in [6.07, 6.45) is 1.94. The number of aromatic nitrogens is 2. The summed E-state index contributed by atoms with van der Waals surface area (Å²) < 4.78 is 31.3. The standard InChI is InChI=1S/C13H14N4O4S/c1-3-4-12-15-13(21-16-12)17-22(19,20)11-7-5-10(6-8-11)14-9(2)18/h3,5-8H,1,4H2,2H3,(H,14,18)(H,15,16,17). The lowest BCUT2D eigenvalue weighted by Crippen LogP contribution is -2.13. The van der Waals surface area contributed by atoms with Crippen molar-refractivity contribution in [1.29, 1.82) is 0 Å². The van der Waals surface area contributed by atoms with Gasteiger partial charge in [0.2, 0.25) is 5.91 Å². The molecule has 0 atom stereocenters. The van der Waals surface area contributed by atoms with Gasteiger partial charge in [-0.3, -0.25) is 4.79 Å². The zero-order valence-electron chi connectivity index (χ0n) is 11.7. The fourth-order valence-electron chi connectivity index (χ4n) is 1.60. The largest absolute Gasteiger partial charge is 0.335 e. The van der Waals surface area contributed by atoms with Gasteiger partial charge in [-0.25, -0.2) is 13.1 Å². The van der Waals surface area contributed by atoms with Crippen LogP contribution in [0, 0.1) is 0 Å². The molecule has 0 saturated heterocycles. The number of allylic oxidation sites excluding steroid dienone is 1. The van der Waals surface area contributed by atoms with E-state index in [4.69, 9.17) is 4.52 Å². The Kier molecular flexibility index (Phi) is 4.56. The minimum atomic E-state index is -3.84. The van der Waals surface area contributed by atoms with Crippen LogP contribution >= 0.6 is 0 Å². The highest BCUT2D eigenvalue weighted by molar-refractivity contribution is 7.92. The summed E-state index contributed by atoms with van der Waals surface area (Å²) in [5.74, 6) is 0.0862. The number of anilines is 2. The number of sulfonamides is 1. The summed E-state index contributed by atoms with van der Waals surface area (Å²) >= 11 is 0. The van der Waals surface area contributed by atoms with Crippen molar-refractivity contribution in [3.63, 3.8) is 0 Å². The normalized spacial score (nSPS) is 11.0. The Bertz CT molecular complexity index is 781. The van der Waals surface area contributed by atoms with Crippen molar-refractivity contribution in [2.24, 2.45) is 0 Å². The van der Waals surface area contributed by atoms with Gasteiger partial charge in [0, 0.05) is 19.0 Å². The second kappa shape index (κ2) is 6.39. The monoisotopic (exact) mass is 322 g/mol. The van der Waals surface area contributed by atoms with Crippen LogP contribution in [0.1, 0.15) is 12.7 Å². The first-order valence-corrected chi connectivity index (χ1v) is 7.73. The molecule has 8 nitrogen and oxygen atoms in total. The zero-order chi connectivity index (χ0) is 16.2. The van der Waals surface area contributed by atoms with Crippen molar-refractivity contribution in [1.82, 2.24) is 10.1 Å². The molecule has 0 spiro atoms. The van der Waals surface area contributed by atoms with Crippen molar-refractivity contribution in [2.45, 2.75) is 18.2 Å². The Hall–Kier alpha value is -2.68. The second-order valence-electron chi connectivity index (χ2n) is 4.32. The van der Waals surface area contributed by atoms with E-state index in [9.17, 15) is 13.2 Å². The number of rotatable bonds is 6. The summed E-state index contributed by atoms with van der Waals surface area (Å²) in [6.45, 7) is 4.89. The lowest BCUT2D eigenvalue weighted by molar-refractivity contribution is -0.114. The first-order valence-electron chi connectivity index (χ1n) is 6.24. The molecule has 2 N–H and O–H groups in total. The average molecular weight is 322 g/mol. The van der Waals surface area contributed by atoms with Crippen LogP contribution in [0.5, 0.6) is 0 Å². The molecular weight excluding hydrogens is 308 g/mol. The van der Waals surface area contributed by atoms with Crippen LogP contribution in [0.2, 0.25) is 0 Å². The molecule has 1 aromatic heterocycles. The van der Waals surface area contributed by atoms with E-state index in [-0.39, 0.29) is 16.8 Å². The third kappa shape index (κ3) is 3.92. The molecule has 9 heteroatoms. The number of carbonyl (C=O) groups is 1. The van der Waals surface area contributed by atoms with Crippen LogP contribution in [-0.2, 0) is 21.2 Å². The van der Waals surface area contributed by atoms with Crippen molar-refractivity contribution < 1.29 is 17.7 Å². The molecule has 22 heavy (non-hydrogen) atoms. The Balaban J connectivity index is 2.15. The number of nitrogens with zero attached hydrogens (tertiary/aromatic N) is 2. The van der Waals surface area contributed by atoms with Crippen molar-refractivity contribution in [2.75, 3.05) is 10.0 Å². The molecule has 2 aromatic rings. The lowest BCUT2D eigenvalue weighted by atomic mass is 10.3. The molecule has 2 rings (SSSR count). The number of benzene rings is 1. The van der Waals surface area contributed by atoms with Crippen molar-refractivity contribution >= 4 is 27.6 Å². The van der Waals surface area contributed by atoms with Gasteiger partial charge < -0.3 is 9.84 Å². The average Bonchev–Trinajstić information content (AvgIpc) is 2.85. The van der Waals surface area contributed by atoms with E-state index in [0.29, 0.717) is 17.9 Å². The van der Waals surface area contributed by atoms with Crippen molar-refractivity contribution in [3.8, 4) is 0 Å². The van der Waals surface area contributed by atoms with Gasteiger partial charge in [-0.05, 0) is 24.3 Å². The topological polar surface area (TPSA) is 114 Å². The molecule has 0 radical (unpaired) electrons. The maximum absolute atomic E-state index is 12.2. The molecule has 0 bridgehead atoms. The number of carbonyl (C=O) groups excluding carboxylic acids is 1. The fourth-order valence-corrected chi connectivity index (χ4v) is 2.53. The Labute approximate surface area is 127 Å². The summed E-state index contributed by atoms with van der Waals surface area (Å²) in [5, 5.41) is 6.14. The van der Waals surface area contributed by atoms with Crippen LogP contribution < -0.4 is 10.0 Å². The van der Waals surface area contributed by atoms with Crippen LogP contribution in [0.4, 0.5) is 11.7 Å². The molecule has 0 aliphatic carbocycles. The molecule has 0 aliphatic rings. The highest BCUT2D eigenvalue weighted by Gasteiger charge is 2.17. The smallest absolute Gasteiger partial charge is 0.326 e. The van der Waals surface area contributed by atoms with Crippen LogP contribution in [-0.4, -0.2) is 24.5 Å². The van der Waals surface area contributed by atoms with E-state index < -0.39 is 10.0 Å². The van der Waals surface area contributed by atoms with E-state index in [1.54, 1.807) is 6.08 Å². The van der Waals surface area contributed by atoms with Gasteiger partial charge in [0.25, 0.3) is 10.0 Å². The maximum Gasteiger partial charge on any atom is 0.335 e. The molecule has 0 saturated carbocycles. The van der Waals surface area contributed by atoms with Gasteiger partial charge >= 0.3 is 6.01 Å². The van der Waals surface area contributed by atoms with Gasteiger partial charge in [-0.1, -0.05) is 11.2 Å². The van der Waals surface area contributed by atoms with Gasteiger partial charge in [-0.2, -0.15) is 4.98 Å². The molecule has 116 valence electrons. The first kappa shape index (κ1) is 15.7. The van der Waals surface area contributed by atoms with E-state index in [0.717, 1.165) is 0 Å². The van der Waals surface area contributed by atoms with Gasteiger partial charge in [0.1, 0.15) is 0 Å². The summed E-state index contributed by atoms with van der Waals surface area (Å²) in [4.78, 5) is 14.8. The van der Waals surface area contributed by atoms with Crippen molar-refractivity contribution in [3.05, 3.63) is 42.7 Å². The minimum absolute atomic E-state index is 0.00470. The molecule has 0 unspecified atom stereocenters. The molecular formula is C13H14N4O4S. The van der Waals surface area contributed by atoms with Gasteiger partial charge in [0.15, 0.2) is 5.82 Å². The minimum Gasteiger partial charge on any atom is -0.326 e. The third-order valence-corrected chi connectivity index (χ3v) is 3.84. The van der Waals surface area contributed by atoms with Gasteiger partial charge in [0.05, 0.1) is 4.90 Å². The van der Waals surface area contributed by atoms with Crippen LogP contribution in [0.15, 0.2) is 46.3 Å². The highest BCUT2D eigenvalue weighted by Crippen LogP contribution is 2.17. The second-order valence-corrected chi connectivity index (χ2v) is 6.00. The number of nitrogens with one attached hydrogen (secondary N) is 2. The molecule has 0 fully saturated rings. The predicted octanol–water partition coefficient (Wildman–Crippen LogP) is 1.56. The predicted molar refractivity (Wildman–Crippen MR) is 79.8 cm³/mol. The summed E-state index contributed by atoms with van der Waals surface area (Å²) in [5.41, 5.74) is 0.498. The summed E-state index contributed by atoms with van der Waals surface area (Å²) in [7, 11) is -3.84. The molecule has 1 amide bonds. The van der Waals surface area contributed by atoms with Crippen LogP contribution in [0.3, 0.4) is 0 Å².